The topological polar surface area (TPSA) is 12.0 Å². The number of halogens is 3. The second kappa shape index (κ2) is 7.26. The van der Waals surface area contributed by atoms with Crippen molar-refractivity contribution in [2.75, 3.05) is 6.54 Å². The van der Waals surface area contributed by atoms with Crippen molar-refractivity contribution in [1.29, 1.82) is 0 Å². The van der Waals surface area contributed by atoms with E-state index in [0.29, 0.717) is 11.4 Å². The first-order chi connectivity index (χ1) is 10.0. The number of aryl methyl sites for hydroxylation is 1. The van der Waals surface area contributed by atoms with Gasteiger partial charge in [0.2, 0.25) is 0 Å². The Morgan fingerprint density at radius 1 is 1.10 bits per heavy atom. The van der Waals surface area contributed by atoms with Gasteiger partial charge in [0.05, 0.1) is 0 Å². The number of nitrogens with one attached hydrogen (secondary N) is 1. The summed E-state index contributed by atoms with van der Waals surface area (Å²) in [5.41, 5.74) is 2.91. The molecule has 1 unspecified atom stereocenters. The van der Waals surface area contributed by atoms with Gasteiger partial charge in [0, 0.05) is 16.1 Å². The Labute approximate surface area is 135 Å². The molecule has 0 aliphatic carbocycles. The molecule has 0 heterocycles. The van der Waals surface area contributed by atoms with Crippen LogP contribution < -0.4 is 5.32 Å². The van der Waals surface area contributed by atoms with Crippen molar-refractivity contribution in [3.8, 4) is 0 Å². The van der Waals surface area contributed by atoms with Crippen molar-refractivity contribution in [1.82, 2.24) is 5.32 Å². The lowest BCUT2D eigenvalue weighted by molar-refractivity contribution is 0.546. The molecule has 0 fully saturated rings. The van der Waals surface area contributed by atoms with E-state index in [9.17, 15) is 4.39 Å². The fourth-order valence-electron chi connectivity index (χ4n) is 2.30. The van der Waals surface area contributed by atoms with Crippen LogP contribution in [0.1, 0.15) is 29.7 Å². The monoisotopic (exact) mass is 325 g/mol. The van der Waals surface area contributed by atoms with Crippen LogP contribution in [0, 0.1) is 12.7 Å². The first-order valence-electron chi connectivity index (χ1n) is 6.94. The Morgan fingerprint density at radius 3 is 2.52 bits per heavy atom. The van der Waals surface area contributed by atoms with E-state index >= 15 is 0 Å². The summed E-state index contributed by atoms with van der Waals surface area (Å²) in [5.74, 6) is -0.272. The largest absolute Gasteiger partial charge is 0.310 e. The molecule has 0 aliphatic rings. The minimum atomic E-state index is -0.272. The van der Waals surface area contributed by atoms with Crippen molar-refractivity contribution >= 4 is 23.2 Å². The molecule has 0 bridgehead atoms. The summed E-state index contributed by atoms with van der Waals surface area (Å²) in [5, 5.41) is 4.72. The van der Waals surface area contributed by atoms with Gasteiger partial charge in [-0.05, 0) is 60.8 Å². The second-order valence-corrected chi connectivity index (χ2v) is 5.87. The quantitative estimate of drug-likeness (QED) is 0.782. The molecule has 2 aromatic carbocycles. The Hall–Kier alpha value is -1.09. The lowest BCUT2D eigenvalue weighted by atomic mass is 9.97. The van der Waals surface area contributed by atoms with Crippen LogP contribution in [0.3, 0.4) is 0 Å². The summed E-state index contributed by atoms with van der Waals surface area (Å²) in [4.78, 5) is 0. The fourth-order valence-corrected chi connectivity index (χ4v) is 2.68. The first-order valence-corrected chi connectivity index (χ1v) is 7.70. The molecule has 0 spiro atoms. The van der Waals surface area contributed by atoms with E-state index in [1.165, 1.54) is 12.1 Å². The average molecular weight is 326 g/mol. The maximum absolute atomic E-state index is 13.4. The molecule has 4 heteroatoms. The van der Waals surface area contributed by atoms with Gasteiger partial charge in [0.1, 0.15) is 5.82 Å². The standard InChI is InChI=1S/C17H18Cl2FN/c1-3-21-17(12-5-4-11(2)16(19)9-12)10-13-8-14(20)6-7-15(13)18/h4-9,17,21H,3,10H2,1-2H3. The minimum absolute atomic E-state index is 0.0485. The summed E-state index contributed by atoms with van der Waals surface area (Å²) in [6.45, 7) is 4.82. The van der Waals surface area contributed by atoms with E-state index in [2.05, 4.69) is 5.32 Å². The highest BCUT2D eigenvalue weighted by atomic mass is 35.5. The molecule has 2 rings (SSSR count). The van der Waals surface area contributed by atoms with Gasteiger partial charge in [-0.2, -0.15) is 0 Å². The maximum atomic E-state index is 13.4. The van der Waals surface area contributed by atoms with Gasteiger partial charge >= 0.3 is 0 Å². The number of rotatable bonds is 5. The Kier molecular flexibility index (Phi) is 5.63. The summed E-state index contributed by atoms with van der Waals surface area (Å²) >= 11 is 12.4. The van der Waals surface area contributed by atoms with Crippen LogP contribution in [-0.4, -0.2) is 6.54 Å². The van der Waals surface area contributed by atoms with Crippen molar-refractivity contribution in [3.05, 3.63) is 69.0 Å². The van der Waals surface area contributed by atoms with Crippen LogP contribution in [0.2, 0.25) is 10.0 Å². The van der Waals surface area contributed by atoms with Crippen molar-refractivity contribution in [2.24, 2.45) is 0 Å². The molecule has 112 valence electrons. The molecule has 0 radical (unpaired) electrons. The number of likely N-dealkylation sites (N-methyl/N-ethyl adjacent to an activating group) is 1. The zero-order valence-corrected chi connectivity index (χ0v) is 13.6. The first kappa shape index (κ1) is 16.3. The molecule has 0 amide bonds. The molecule has 0 saturated carbocycles. The van der Waals surface area contributed by atoms with Crippen LogP contribution >= 0.6 is 23.2 Å². The van der Waals surface area contributed by atoms with Gasteiger partial charge in [-0.25, -0.2) is 4.39 Å². The number of hydrogen-bond donors (Lipinski definition) is 1. The van der Waals surface area contributed by atoms with Crippen molar-refractivity contribution in [2.45, 2.75) is 26.3 Å². The molecule has 0 aliphatic heterocycles. The van der Waals surface area contributed by atoms with E-state index in [1.54, 1.807) is 6.07 Å². The van der Waals surface area contributed by atoms with Gasteiger partial charge in [-0.1, -0.05) is 42.3 Å². The highest BCUT2D eigenvalue weighted by Crippen LogP contribution is 2.27. The third kappa shape index (κ3) is 4.19. The van der Waals surface area contributed by atoms with Gasteiger partial charge in [-0.15, -0.1) is 0 Å². The minimum Gasteiger partial charge on any atom is -0.310 e. The smallest absolute Gasteiger partial charge is 0.123 e. The molecule has 21 heavy (non-hydrogen) atoms. The molecule has 2 aromatic rings. The summed E-state index contributed by atoms with van der Waals surface area (Å²) in [7, 11) is 0. The van der Waals surface area contributed by atoms with Crippen LogP contribution in [0.15, 0.2) is 36.4 Å². The number of benzene rings is 2. The third-order valence-electron chi connectivity index (χ3n) is 3.48. The Bertz CT molecular complexity index is 628. The highest BCUT2D eigenvalue weighted by Gasteiger charge is 2.14. The maximum Gasteiger partial charge on any atom is 0.123 e. The fraction of sp³-hybridized carbons (Fsp3) is 0.294. The summed E-state index contributed by atoms with van der Waals surface area (Å²) in [6, 6.07) is 10.5. The van der Waals surface area contributed by atoms with Crippen molar-refractivity contribution in [3.63, 3.8) is 0 Å². The van der Waals surface area contributed by atoms with Crippen molar-refractivity contribution < 1.29 is 4.39 Å². The molecule has 1 nitrogen and oxygen atoms in total. The van der Waals surface area contributed by atoms with E-state index in [1.807, 2.05) is 32.0 Å². The van der Waals surface area contributed by atoms with Crippen LogP contribution in [0.25, 0.3) is 0 Å². The van der Waals surface area contributed by atoms with Crippen LogP contribution in [0.4, 0.5) is 4.39 Å². The van der Waals surface area contributed by atoms with E-state index < -0.39 is 0 Å². The van der Waals surface area contributed by atoms with Gasteiger partial charge in [-0.3, -0.25) is 0 Å². The lowest BCUT2D eigenvalue weighted by Gasteiger charge is -2.20. The SMILES string of the molecule is CCNC(Cc1cc(F)ccc1Cl)c1ccc(C)c(Cl)c1. The summed E-state index contributed by atoms with van der Waals surface area (Å²) in [6.07, 6.45) is 0.615. The van der Waals surface area contributed by atoms with Gasteiger partial charge < -0.3 is 5.32 Å². The highest BCUT2D eigenvalue weighted by molar-refractivity contribution is 6.31. The molecule has 0 saturated heterocycles. The molecule has 1 N–H and O–H groups in total. The van der Waals surface area contributed by atoms with Gasteiger partial charge in [0.25, 0.3) is 0 Å². The second-order valence-electron chi connectivity index (χ2n) is 5.06. The lowest BCUT2D eigenvalue weighted by Crippen LogP contribution is -2.23. The zero-order chi connectivity index (χ0) is 15.4. The Balaban J connectivity index is 2.30. The zero-order valence-electron chi connectivity index (χ0n) is 12.1. The Morgan fingerprint density at radius 2 is 1.86 bits per heavy atom. The molecular formula is C17H18Cl2FN. The van der Waals surface area contributed by atoms with Crippen LogP contribution in [-0.2, 0) is 6.42 Å². The normalized spacial score (nSPS) is 12.4. The summed E-state index contributed by atoms with van der Waals surface area (Å²) < 4.78 is 13.4. The third-order valence-corrected chi connectivity index (χ3v) is 4.26. The van der Waals surface area contributed by atoms with E-state index in [-0.39, 0.29) is 11.9 Å². The average Bonchev–Trinajstić information content (AvgIpc) is 2.45. The predicted molar refractivity (Wildman–Crippen MR) is 87.7 cm³/mol. The van der Waals surface area contributed by atoms with E-state index in [4.69, 9.17) is 23.2 Å². The van der Waals surface area contributed by atoms with Gasteiger partial charge in [0.15, 0.2) is 0 Å². The van der Waals surface area contributed by atoms with E-state index in [0.717, 1.165) is 28.3 Å². The number of hydrogen-bond acceptors (Lipinski definition) is 1. The molecule has 1 atom stereocenters. The predicted octanol–water partition coefficient (Wildman–Crippen LogP) is 5.33. The molecule has 0 aromatic heterocycles. The van der Waals surface area contributed by atoms with Crippen LogP contribution in [0.5, 0.6) is 0 Å². The molecular weight excluding hydrogens is 308 g/mol.